The van der Waals surface area contributed by atoms with Gasteiger partial charge in [-0.25, -0.2) is 0 Å². The van der Waals surface area contributed by atoms with E-state index in [0.717, 1.165) is 0 Å². The quantitative estimate of drug-likeness (QED) is 0.586. The molecule has 0 heterocycles. The molecule has 0 spiro atoms. The van der Waals surface area contributed by atoms with Crippen LogP contribution in [0.15, 0.2) is 53.5 Å². The summed E-state index contributed by atoms with van der Waals surface area (Å²) in [5.74, 6) is -0.585. The Bertz CT molecular complexity index is 624. The minimum atomic E-state index is -0.206. The van der Waals surface area contributed by atoms with Crippen molar-refractivity contribution in [2.75, 3.05) is 6.67 Å². The van der Waals surface area contributed by atoms with E-state index in [4.69, 9.17) is 5.11 Å². The molecule has 0 aliphatic rings. The fraction of sp³-hybridized carbons (Fsp3) is 0.0667. The van der Waals surface area contributed by atoms with Crippen molar-refractivity contribution in [2.45, 2.75) is 0 Å². The molecule has 0 atom stereocenters. The number of carbonyl (C=O) groups excluding carboxylic acids is 1. The first-order chi connectivity index (χ1) is 9.66. The zero-order valence-corrected chi connectivity index (χ0v) is 10.7. The van der Waals surface area contributed by atoms with Gasteiger partial charge in [0.25, 0.3) is 5.91 Å². The Morgan fingerprint density at radius 2 is 1.85 bits per heavy atom. The van der Waals surface area contributed by atoms with Crippen molar-refractivity contribution >= 4 is 12.1 Å². The summed E-state index contributed by atoms with van der Waals surface area (Å²) in [7, 11) is 0. The standard InChI is InChI=1S/C15H14N2O3/c18-13-7-6-11(8-14(13)19)9-16-10-17-15(20)12-4-2-1-3-5-12/h1-9,18-19H,10H2,(H,17,20)/b16-9+. The average molecular weight is 270 g/mol. The van der Waals surface area contributed by atoms with Gasteiger partial charge < -0.3 is 15.5 Å². The van der Waals surface area contributed by atoms with E-state index >= 15 is 0 Å². The number of hydrogen-bond donors (Lipinski definition) is 3. The Hall–Kier alpha value is -2.82. The van der Waals surface area contributed by atoms with Crippen molar-refractivity contribution in [3.05, 3.63) is 59.7 Å². The molecule has 2 rings (SSSR count). The third-order valence-corrected chi connectivity index (χ3v) is 2.61. The topological polar surface area (TPSA) is 81.9 Å². The minimum absolute atomic E-state index is 0.134. The van der Waals surface area contributed by atoms with Crippen molar-refractivity contribution in [1.82, 2.24) is 5.32 Å². The van der Waals surface area contributed by atoms with Gasteiger partial charge in [-0.05, 0) is 35.9 Å². The number of benzene rings is 2. The molecule has 0 aromatic heterocycles. The maximum atomic E-state index is 11.7. The van der Waals surface area contributed by atoms with Crippen molar-refractivity contribution < 1.29 is 15.0 Å². The van der Waals surface area contributed by atoms with E-state index in [2.05, 4.69) is 10.3 Å². The van der Waals surface area contributed by atoms with E-state index in [0.29, 0.717) is 11.1 Å². The van der Waals surface area contributed by atoms with Crippen LogP contribution in [0.4, 0.5) is 0 Å². The van der Waals surface area contributed by atoms with Gasteiger partial charge in [-0.3, -0.25) is 9.79 Å². The molecule has 3 N–H and O–H groups in total. The third kappa shape index (κ3) is 3.58. The van der Waals surface area contributed by atoms with Crippen LogP contribution in [-0.2, 0) is 0 Å². The van der Waals surface area contributed by atoms with Gasteiger partial charge in [0.1, 0.15) is 6.67 Å². The summed E-state index contributed by atoms with van der Waals surface area (Å²) in [4.78, 5) is 15.7. The van der Waals surface area contributed by atoms with Gasteiger partial charge in [0.2, 0.25) is 0 Å². The molecular formula is C15H14N2O3. The van der Waals surface area contributed by atoms with E-state index in [-0.39, 0.29) is 24.1 Å². The third-order valence-electron chi connectivity index (χ3n) is 2.61. The normalized spacial score (nSPS) is 10.6. The SMILES string of the molecule is O=C(NC/N=C/c1ccc(O)c(O)c1)c1ccccc1. The maximum Gasteiger partial charge on any atom is 0.252 e. The number of aromatic hydroxyl groups is 2. The van der Waals surface area contributed by atoms with Crippen molar-refractivity contribution in [3.63, 3.8) is 0 Å². The van der Waals surface area contributed by atoms with Crippen LogP contribution < -0.4 is 5.32 Å². The molecule has 5 nitrogen and oxygen atoms in total. The molecule has 0 fully saturated rings. The number of phenols is 2. The Balaban J connectivity index is 1.88. The average Bonchev–Trinajstić information content (AvgIpc) is 2.48. The Morgan fingerprint density at radius 3 is 2.55 bits per heavy atom. The highest BCUT2D eigenvalue weighted by atomic mass is 16.3. The van der Waals surface area contributed by atoms with E-state index < -0.39 is 0 Å². The Kier molecular flexibility index (Phi) is 4.34. The first-order valence-electron chi connectivity index (χ1n) is 6.02. The lowest BCUT2D eigenvalue weighted by Crippen LogP contribution is -2.23. The highest BCUT2D eigenvalue weighted by Crippen LogP contribution is 2.23. The lowest BCUT2D eigenvalue weighted by molar-refractivity contribution is 0.0955. The zero-order chi connectivity index (χ0) is 14.4. The summed E-state index contributed by atoms with van der Waals surface area (Å²) in [5, 5.41) is 21.1. The summed E-state index contributed by atoms with van der Waals surface area (Å²) >= 11 is 0. The van der Waals surface area contributed by atoms with E-state index in [1.807, 2.05) is 6.07 Å². The van der Waals surface area contributed by atoms with E-state index in [9.17, 15) is 9.90 Å². The summed E-state index contributed by atoms with van der Waals surface area (Å²) in [6, 6.07) is 13.2. The molecule has 1 amide bonds. The van der Waals surface area contributed by atoms with Gasteiger partial charge in [0.15, 0.2) is 11.5 Å². The highest BCUT2D eigenvalue weighted by molar-refractivity contribution is 5.94. The number of nitrogens with one attached hydrogen (secondary N) is 1. The predicted octanol–water partition coefficient (Wildman–Crippen LogP) is 1.90. The highest BCUT2D eigenvalue weighted by Gasteiger charge is 2.02. The van der Waals surface area contributed by atoms with Crippen molar-refractivity contribution in [2.24, 2.45) is 4.99 Å². The first-order valence-corrected chi connectivity index (χ1v) is 6.02. The van der Waals surface area contributed by atoms with Crippen LogP contribution >= 0.6 is 0 Å². The molecule has 2 aromatic rings. The van der Waals surface area contributed by atoms with Crippen LogP contribution in [-0.4, -0.2) is 29.0 Å². The summed E-state index contributed by atoms with van der Waals surface area (Å²) in [5.41, 5.74) is 1.21. The molecule has 0 unspecified atom stereocenters. The van der Waals surface area contributed by atoms with Crippen molar-refractivity contribution in [1.29, 1.82) is 0 Å². The molecular weight excluding hydrogens is 256 g/mol. The number of aliphatic imine (C=N–C) groups is 1. The molecule has 0 bridgehead atoms. The van der Waals surface area contributed by atoms with Gasteiger partial charge >= 0.3 is 0 Å². The fourth-order valence-corrected chi connectivity index (χ4v) is 1.58. The van der Waals surface area contributed by atoms with Gasteiger partial charge in [-0.1, -0.05) is 18.2 Å². The van der Waals surface area contributed by atoms with Crippen molar-refractivity contribution in [3.8, 4) is 11.5 Å². The summed E-state index contributed by atoms with van der Waals surface area (Å²) in [6.07, 6.45) is 1.50. The number of hydrogen-bond acceptors (Lipinski definition) is 4. The molecule has 0 aliphatic heterocycles. The van der Waals surface area contributed by atoms with Crippen LogP contribution in [0, 0.1) is 0 Å². The molecule has 102 valence electrons. The molecule has 0 saturated carbocycles. The Morgan fingerprint density at radius 1 is 1.10 bits per heavy atom. The van der Waals surface area contributed by atoms with E-state index in [1.165, 1.54) is 18.3 Å². The molecule has 5 heteroatoms. The second-order valence-electron chi connectivity index (χ2n) is 4.09. The largest absolute Gasteiger partial charge is 0.504 e. The summed E-state index contributed by atoms with van der Waals surface area (Å²) in [6.45, 7) is 0.134. The lowest BCUT2D eigenvalue weighted by Gasteiger charge is -2.01. The molecule has 0 radical (unpaired) electrons. The van der Waals surface area contributed by atoms with Gasteiger partial charge in [-0.15, -0.1) is 0 Å². The number of amides is 1. The molecule has 0 saturated heterocycles. The predicted molar refractivity (Wildman–Crippen MR) is 76.1 cm³/mol. The maximum absolute atomic E-state index is 11.7. The molecule has 2 aromatic carbocycles. The van der Waals surface area contributed by atoms with E-state index in [1.54, 1.807) is 30.3 Å². The minimum Gasteiger partial charge on any atom is -0.504 e. The van der Waals surface area contributed by atoms with Gasteiger partial charge in [-0.2, -0.15) is 0 Å². The molecule has 20 heavy (non-hydrogen) atoms. The number of carbonyl (C=O) groups is 1. The number of nitrogens with zero attached hydrogens (tertiary/aromatic N) is 1. The smallest absolute Gasteiger partial charge is 0.252 e. The number of phenolic OH excluding ortho intramolecular Hbond substituents is 2. The van der Waals surface area contributed by atoms with Crippen LogP contribution in [0.1, 0.15) is 15.9 Å². The zero-order valence-electron chi connectivity index (χ0n) is 10.7. The van der Waals surface area contributed by atoms with Crippen LogP contribution in [0.25, 0.3) is 0 Å². The van der Waals surface area contributed by atoms with Gasteiger partial charge in [0, 0.05) is 11.8 Å². The van der Waals surface area contributed by atoms with Crippen LogP contribution in [0.3, 0.4) is 0 Å². The van der Waals surface area contributed by atoms with Crippen LogP contribution in [0.2, 0.25) is 0 Å². The summed E-state index contributed by atoms with van der Waals surface area (Å²) < 4.78 is 0. The Labute approximate surface area is 116 Å². The monoisotopic (exact) mass is 270 g/mol. The lowest BCUT2D eigenvalue weighted by atomic mass is 10.2. The second-order valence-corrected chi connectivity index (χ2v) is 4.09. The second kappa shape index (κ2) is 6.38. The number of rotatable bonds is 4. The first kappa shape index (κ1) is 13.6. The van der Waals surface area contributed by atoms with Gasteiger partial charge in [0.05, 0.1) is 0 Å². The molecule has 0 aliphatic carbocycles. The fourth-order valence-electron chi connectivity index (χ4n) is 1.58. The van der Waals surface area contributed by atoms with Crippen LogP contribution in [0.5, 0.6) is 11.5 Å².